The maximum Gasteiger partial charge on any atom is 0.255 e. The number of anilines is 2. The van der Waals surface area contributed by atoms with Crippen molar-refractivity contribution < 1.29 is 4.79 Å². The standard InChI is InChI=1S/C20H19N5O/c1-13-7-6-8-15(11-13)18-17(14(2)23-20-21-12-22-25(18)20)19(26)24-16-9-4-3-5-10-16/h3-12,18H,1-2H3,(H,24,26)(H,21,22,23)/t18-/m0/s1. The number of fused-ring (bicyclic) bond motifs is 1. The first kappa shape index (κ1) is 16.1. The van der Waals surface area contributed by atoms with Gasteiger partial charge in [0.05, 0.1) is 5.57 Å². The lowest BCUT2D eigenvalue weighted by Gasteiger charge is -2.29. The topological polar surface area (TPSA) is 71.8 Å². The molecule has 1 aliphatic rings. The van der Waals surface area contributed by atoms with Crippen LogP contribution < -0.4 is 10.6 Å². The van der Waals surface area contributed by atoms with E-state index in [9.17, 15) is 4.79 Å². The number of carbonyl (C=O) groups excluding carboxylic acids is 1. The van der Waals surface area contributed by atoms with Gasteiger partial charge in [-0.05, 0) is 31.5 Å². The van der Waals surface area contributed by atoms with Crippen molar-refractivity contribution in [3.8, 4) is 0 Å². The molecule has 0 bridgehead atoms. The zero-order valence-corrected chi connectivity index (χ0v) is 14.6. The Bertz CT molecular complexity index is 990. The molecule has 2 N–H and O–H groups in total. The number of benzene rings is 2. The predicted molar refractivity (Wildman–Crippen MR) is 101 cm³/mol. The number of nitrogens with zero attached hydrogens (tertiary/aromatic N) is 3. The summed E-state index contributed by atoms with van der Waals surface area (Å²) in [7, 11) is 0. The maximum atomic E-state index is 13.1. The molecule has 1 aliphatic heterocycles. The highest BCUT2D eigenvalue weighted by Gasteiger charge is 2.33. The van der Waals surface area contributed by atoms with Crippen molar-refractivity contribution >= 4 is 17.5 Å². The summed E-state index contributed by atoms with van der Waals surface area (Å²) in [4.78, 5) is 17.4. The van der Waals surface area contributed by atoms with Gasteiger partial charge in [0, 0.05) is 11.4 Å². The van der Waals surface area contributed by atoms with Crippen LogP contribution in [0.15, 0.2) is 72.2 Å². The highest BCUT2D eigenvalue weighted by Crippen LogP contribution is 2.35. The number of hydrogen-bond donors (Lipinski definition) is 2. The van der Waals surface area contributed by atoms with Gasteiger partial charge in [-0.1, -0.05) is 48.0 Å². The van der Waals surface area contributed by atoms with Crippen LogP contribution in [0, 0.1) is 6.92 Å². The lowest BCUT2D eigenvalue weighted by molar-refractivity contribution is -0.113. The number of aromatic nitrogens is 3. The number of allylic oxidation sites excluding steroid dienone is 1. The van der Waals surface area contributed by atoms with Gasteiger partial charge in [-0.15, -0.1) is 0 Å². The molecule has 0 fully saturated rings. The lowest BCUT2D eigenvalue weighted by Crippen LogP contribution is -2.31. The van der Waals surface area contributed by atoms with Gasteiger partial charge in [0.15, 0.2) is 0 Å². The number of nitrogens with one attached hydrogen (secondary N) is 2. The first-order valence-corrected chi connectivity index (χ1v) is 8.44. The van der Waals surface area contributed by atoms with E-state index in [-0.39, 0.29) is 11.9 Å². The van der Waals surface area contributed by atoms with Crippen LogP contribution in [0.1, 0.15) is 24.1 Å². The summed E-state index contributed by atoms with van der Waals surface area (Å²) in [6.07, 6.45) is 1.50. The van der Waals surface area contributed by atoms with Crippen LogP contribution in [-0.4, -0.2) is 20.7 Å². The minimum atomic E-state index is -0.336. The van der Waals surface area contributed by atoms with E-state index in [1.54, 1.807) is 4.68 Å². The predicted octanol–water partition coefficient (Wildman–Crippen LogP) is 3.51. The summed E-state index contributed by atoms with van der Waals surface area (Å²) < 4.78 is 1.75. The molecule has 0 radical (unpaired) electrons. The summed E-state index contributed by atoms with van der Waals surface area (Å²) in [6.45, 7) is 3.92. The van der Waals surface area contributed by atoms with Gasteiger partial charge in [-0.25, -0.2) is 4.68 Å². The van der Waals surface area contributed by atoms with E-state index < -0.39 is 0 Å². The van der Waals surface area contributed by atoms with Crippen molar-refractivity contribution in [1.29, 1.82) is 0 Å². The third kappa shape index (κ3) is 2.86. The van der Waals surface area contributed by atoms with Crippen LogP contribution in [0.3, 0.4) is 0 Å². The van der Waals surface area contributed by atoms with E-state index in [0.29, 0.717) is 11.5 Å². The number of aryl methyl sites for hydroxylation is 1. The van der Waals surface area contributed by atoms with Crippen LogP contribution >= 0.6 is 0 Å². The molecular weight excluding hydrogens is 326 g/mol. The van der Waals surface area contributed by atoms with Gasteiger partial charge < -0.3 is 10.6 Å². The molecule has 0 aliphatic carbocycles. The Morgan fingerprint density at radius 2 is 1.92 bits per heavy atom. The van der Waals surface area contributed by atoms with E-state index in [4.69, 9.17) is 0 Å². The van der Waals surface area contributed by atoms with Crippen LogP contribution in [0.2, 0.25) is 0 Å². The molecule has 6 heteroatoms. The Kier molecular flexibility index (Phi) is 4.01. The molecule has 1 amide bonds. The van der Waals surface area contributed by atoms with Crippen LogP contribution in [0.4, 0.5) is 11.6 Å². The molecule has 1 aromatic heterocycles. The Morgan fingerprint density at radius 3 is 2.69 bits per heavy atom. The molecule has 0 saturated heterocycles. The molecule has 4 rings (SSSR count). The van der Waals surface area contributed by atoms with Gasteiger partial charge in [0.25, 0.3) is 5.91 Å². The summed E-state index contributed by atoms with van der Waals surface area (Å²) in [6, 6.07) is 17.2. The molecule has 2 heterocycles. The average Bonchev–Trinajstić information content (AvgIpc) is 3.09. The van der Waals surface area contributed by atoms with E-state index >= 15 is 0 Å². The second-order valence-corrected chi connectivity index (χ2v) is 6.33. The first-order chi connectivity index (χ1) is 12.6. The molecule has 0 unspecified atom stereocenters. The van der Waals surface area contributed by atoms with Gasteiger partial charge in [-0.2, -0.15) is 10.1 Å². The minimum Gasteiger partial charge on any atom is -0.328 e. The van der Waals surface area contributed by atoms with E-state index in [1.165, 1.54) is 6.33 Å². The third-order valence-corrected chi connectivity index (χ3v) is 4.43. The van der Waals surface area contributed by atoms with Crippen molar-refractivity contribution in [3.63, 3.8) is 0 Å². The summed E-state index contributed by atoms with van der Waals surface area (Å²) in [5.41, 5.74) is 4.27. The van der Waals surface area contributed by atoms with Crippen molar-refractivity contribution in [2.75, 3.05) is 10.6 Å². The number of carbonyl (C=O) groups is 1. The molecule has 130 valence electrons. The highest BCUT2D eigenvalue weighted by molar-refractivity contribution is 6.06. The largest absolute Gasteiger partial charge is 0.328 e. The van der Waals surface area contributed by atoms with E-state index in [1.807, 2.05) is 62.4 Å². The second kappa shape index (κ2) is 6.48. The number of amides is 1. The number of para-hydroxylation sites is 1. The first-order valence-electron chi connectivity index (χ1n) is 8.44. The summed E-state index contributed by atoms with van der Waals surface area (Å²) >= 11 is 0. The quantitative estimate of drug-likeness (QED) is 0.762. The average molecular weight is 345 g/mol. The monoisotopic (exact) mass is 345 g/mol. The Morgan fingerprint density at radius 1 is 1.12 bits per heavy atom. The summed E-state index contributed by atoms with van der Waals surface area (Å²) in [5, 5.41) is 10.5. The lowest BCUT2D eigenvalue weighted by atomic mass is 9.94. The highest BCUT2D eigenvalue weighted by atomic mass is 16.1. The van der Waals surface area contributed by atoms with E-state index in [0.717, 1.165) is 22.5 Å². The molecule has 6 nitrogen and oxygen atoms in total. The molecular formula is C20H19N5O. The fourth-order valence-corrected chi connectivity index (χ4v) is 3.25. The molecule has 26 heavy (non-hydrogen) atoms. The third-order valence-electron chi connectivity index (χ3n) is 4.43. The van der Waals surface area contributed by atoms with Gasteiger partial charge in [0.1, 0.15) is 12.4 Å². The zero-order chi connectivity index (χ0) is 18.1. The van der Waals surface area contributed by atoms with Crippen LogP contribution in [0.25, 0.3) is 0 Å². The fourth-order valence-electron chi connectivity index (χ4n) is 3.25. The Balaban J connectivity index is 1.78. The normalized spacial score (nSPS) is 16.0. The van der Waals surface area contributed by atoms with E-state index in [2.05, 4.69) is 26.8 Å². The van der Waals surface area contributed by atoms with Gasteiger partial charge in [0.2, 0.25) is 5.95 Å². The van der Waals surface area contributed by atoms with Crippen LogP contribution in [0.5, 0.6) is 0 Å². The molecule has 0 saturated carbocycles. The number of rotatable bonds is 3. The van der Waals surface area contributed by atoms with Gasteiger partial charge in [-0.3, -0.25) is 4.79 Å². The smallest absolute Gasteiger partial charge is 0.255 e. The van der Waals surface area contributed by atoms with Crippen molar-refractivity contribution in [3.05, 3.63) is 83.3 Å². The number of hydrogen-bond acceptors (Lipinski definition) is 4. The Labute approximate surface area is 151 Å². The fraction of sp³-hybridized carbons (Fsp3) is 0.150. The SMILES string of the molecule is CC1=C(C(=O)Nc2ccccc2)[C@H](c2cccc(C)c2)n2ncnc2N1. The van der Waals surface area contributed by atoms with Crippen molar-refractivity contribution in [1.82, 2.24) is 14.8 Å². The second-order valence-electron chi connectivity index (χ2n) is 6.33. The molecule has 2 aromatic carbocycles. The maximum absolute atomic E-state index is 13.1. The zero-order valence-electron chi connectivity index (χ0n) is 14.6. The molecule has 0 spiro atoms. The molecule has 3 aromatic rings. The minimum absolute atomic E-state index is 0.158. The van der Waals surface area contributed by atoms with Gasteiger partial charge >= 0.3 is 0 Å². The van der Waals surface area contributed by atoms with Crippen molar-refractivity contribution in [2.45, 2.75) is 19.9 Å². The van der Waals surface area contributed by atoms with Crippen molar-refractivity contribution in [2.24, 2.45) is 0 Å². The molecule has 1 atom stereocenters. The van der Waals surface area contributed by atoms with Crippen LogP contribution in [-0.2, 0) is 4.79 Å². The Hall–Kier alpha value is -3.41. The summed E-state index contributed by atoms with van der Waals surface area (Å²) in [5.74, 6) is 0.471.